The molecule has 0 aromatic rings. The van der Waals surface area contributed by atoms with Gasteiger partial charge in [-0.1, -0.05) is 6.58 Å². The quantitative estimate of drug-likeness (QED) is 0.585. The molecule has 0 aliphatic heterocycles. The molecule has 0 amide bonds. The molecule has 1 N–H and O–H groups in total. The number of hydrogen-bond acceptors (Lipinski definition) is 4. The maximum Gasteiger partial charge on any atom is 0.330 e. The number of nitrogens with one attached hydrogen (secondary N) is 1. The predicted molar refractivity (Wildman–Crippen MR) is 67.3 cm³/mol. The summed E-state index contributed by atoms with van der Waals surface area (Å²) < 4.78 is 41.8. The van der Waals surface area contributed by atoms with Gasteiger partial charge >= 0.3 is 5.97 Å². The van der Waals surface area contributed by atoms with Gasteiger partial charge in [0, 0.05) is 12.6 Å². The maximum absolute atomic E-state index is 12.2. The highest BCUT2D eigenvalue weighted by Crippen LogP contribution is 2.49. The fraction of sp³-hybridized carbons (Fsp3) is 0.750. The number of fused-ring (bicyclic) bond motifs is 2. The smallest absolute Gasteiger partial charge is 0.330 e. The lowest BCUT2D eigenvalue weighted by Gasteiger charge is -2.27. The van der Waals surface area contributed by atoms with Crippen LogP contribution in [0.1, 0.15) is 19.3 Å². The summed E-state index contributed by atoms with van der Waals surface area (Å²) in [5.41, 5.74) is 0. The molecular weight excluding hydrogens is 273 g/mol. The van der Waals surface area contributed by atoms with E-state index in [0.29, 0.717) is 5.92 Å². The van der Waals surface area contributed by atoms with Crippen LogP contribution in [0.25, 0.3) is 0 Å². The Hall–Kier alpha value is -0.950. The first-order chi connectivity index (χ1) is 8.95. The lowest BCUT2D eigenvalue weighted by atomic mass is 9.87. The van der Waals surface area contributed by atoms with E-state index in [-0.39, 0.29) is 24.5 Å². The lowest BCUT2D eigenvalue weighted by molar-refractivity contribution is -0.145. The van der Waals surface area contributed by atoms with Crippen LogP contribution in [0.3, 0.4) is 0 Å². The molecule has 19 heavy (non-hydrogen) atoms. The van der Waals surface area contributed by atoms with E-state index in [0.717, 1.165) is 25.3 Å². The molecule has 4 atom stereocenters. The molecule has 0 saturated heterocycles. The van der Waals surface area contributed by atoms with Gasteiger partial charge in [-0.25, -0.2) is 22.3 Å². The number of hydrogen-bond donors (Lipinski definition) is 1. The van der Waals surface area contributed by atoms with Gasteiger partial charge in [0.2, 0.25) is 16.0 Å². The first-order valence-corrected chi connectivity index (χ1v) is 7.96. The highest BCUT2D eigenvalue weighted by Gasteiger charge is 2.47. The number of rotatable bonds is 6. The van der Waals surface area contributed by atoms with E-state index >= 15 is 0 Å². The second kappa shape index (κ2) is 5.58. The molecule has 0 heterocycles. The van der Waals surface area contributed by atoms with Crippen LogP contribution < -0.4 is 4.72 Å². The van der Waals surface area contributed by atoms with Crippen LogP contribution in [-0.2, 0) is 19.6 Å². The van der Waals surface area contributed by atoms with Gasteiger partial charge in [0.15, 0.2) is 0 Å². The topological polar surface area (TPSA) is 72.5 Å². The number of carbonyl (C=O) groups is 1. The highest BCUT2D eigenvalue weighted by atomic mass is 32.2. The van der Waals surface area contributed by atoms with E-state index in [1.54, 1.807) is 0 Å². The molecule has 5 nitrogen and oxygen atoms in total. The Morgan fingerprint density at radius 1 is 1.37 bits per heavy atom. The molecule has 0 aromatic carbocycles. The van der Waals surface area contributed by atoms with Crippen molar-refractivity contribution < 1.29 is 22.3 Å². The number of esters is 1. The van der Waals surface area contributed by atoms with Crippen LogP contribution in [0.15, 0.2) is 12.7 Å². The van der Waals surface area contributed by atoms with Gasteiger partial charge < -0.3 is 4.74 Å². The van der Waals surface area contributed by atoms with Crippen molar-refractivity contribution in [2.24, 2.45) is 17.8 Å². The molecule has 4 unspecified atom stereocenters. The first kappa shape index (κ1) is 14.5. The minimum absolute atomic E-state index is 0.0791. The molecular formula is C12H18FNO4S. The molecule has 0 spiro atoms. The molecule has 2 saturated carbocycles. The number of alkyl halides is 1. The molecule has 7 heteroatoms. The minimum atomic E-state index is -3.78. The van der Waals surface area contributed by atoms with Crippen LogP contribution in [-0.4, -0.2) is 33.0 Å². The first-order valence-electron chi connectivity index (χ1n) is 6.31. The summed E-state index contributed by atoms with van der Waals surface area (Å²) in [4.78, 5) is 11.1. The summed E-state index contributed by atoms with van der Waals surface area (Å²) in [6, 6.07) is -1.38. The third-order valence-electron chi connectivity index (χ3n) is 4.08. The summed E-state index contributed by atoms with van der Waals surface area (Å²) in [6.45, 7) is 3.63. The Morgan fingerprint density at radius 3 is 2.63 bits per heavy atom. The van der Waals surface area contributed by atoms with Gasteiger partial charge in [-0.15, -0.1) is 0 Å². The van der Waals surface area contributed by atoms with E-state index < -0.39 is 22.0 Å². The van der Waals surface area contributed by atoms with Crippen LogP contribution in [0.4, 0.5) is 4.39 Å². The number of carbonyl (C=O) groups excluding carboxylic acids is 1. The highest BCUT2D eigenvalue weighted by molar-refractivity contribution is 7.89. The summed E-state index contributed by atoms with van der Waals surface area (Å²) in [7, 11) is -3.78. The zero-order valence-electron chi connectivity index (χ0n) is 10.5. The Bertz CT molecular complexity index is 464. The van der Waals surface area contributed by atoms with Crippen molar-refractivity contribution in [3.63, 3.8) is 0 Å². The van der Waals surface area contributed by atoms with Gasteiger partial charge in [-0.05, 0) is 37.0 Å². The van der Waals surface area contributed by atoms with Crippen molar-refractivity contribution in [2.45, 2.75) is 25.4 Å². The van der Waals surface area contributed by atoms with E-state index in [1.165, 1.54) is 0 Å². The van der Waals surface area contributed by atoms with Crippen molar-refractivity contribution >= 4 is 16.0 Å². The Balaban J connectivity index is 1.82. The Labute approximate surface area is 112 Å². The SMILES string of the molecule is C=CC(=O)OC1CC2CC1CC2CNS(=O)(=O)CF. The van der Waals surface area contributed by atoms with Crippen molar-refractivity contribution in [3.05, 3.63) is 12.7 Å². The second-order valence-corrected chi connectivity index (χ2v) is 6.98. The zero-order valence-corrected chi connectivity index (χ0v) is 11.4. The summed E-state index contributed by atoms with van der Waals surface area (Å²) in [5, 5.41) is 0. The van der Waals surface area contributed by atoms with Gasteiger partial charge in [0.25, 0.3) is 0 Å². The van der Waals surface area contributed by atoms with E-state index in [1.807, 2.05) is 0 Å². The van der Waals surface area contributed by atoms with Gasteiger partial charge in [-0.3, -0.25) is 0 Å². The number of ether oxygens (including phenoxy) is 1. The van der Waals surface area contributed by atoms with Crippen molar-refractivity contribution in [2.75, 3.05) is 12.6 Å². The minimum Gasteiger partial charge on any atom is -0.459 e. The van der Waals surface area contributed by atoms with Crippen LogP contribution in [0.2, 0.25) is 0 Å². The predicted octanol–water partition coefficient (Wildman–Crippen LogP) is 0.977. The van der Waals surface area contributed by atoms with Crippen molar-refractivity contribution in [3.8, 4) is 0 Å². The number of sulfonamides is 1. The van der Waals surface area contributed by atoms with E-state index in [2.05, 4.69) is 11.3 Å². The molecule has 2 aliphatic carbocycles. The molecule has 108 valence electrons. The van der Waals surface area contributed by atoms with E-state index in [4.69, 9.17) is 4.74 Å². The molecule has 0 aromatic heterocycles. The maximum atomic E-state index is 12.2. The van der Waals surface area contributed by atoms with Gasteiger partial charge in [0.05, 0.1) is 0 Å². The fourth-order valence-electron chi connectivity index (χ4n) is 3.21. The monoisotopic (exact) mass is 291 g/mol. The van der Waals surface area contributed by atoms with Crippen LogP contribution in [0.5, 0.6) is 0 Å². The van der Waals surface area contributed by atoms with Crippen molar-refractivity contribution in [1.82, 2.24) is 4.72 Å². The average Bonchev–Trinajstić information content (AvgIpc) is 2.95. The number of halogens is 1. The van der Waals surface area contributed by atoms with E-state index in [9.17, 15) is 17.6 Å². The molecule has 2 aliphatic rings. The Kier molecular flexibility index (Phi) is 4.25. The normalized spacial score (nSPS) is 33.3. The molecule has 2 fully saturated rings. The summed E-state index contributed by atoms with van der Waals surface area (Å²) in [5.74, 6) is 0.431. The molecule has 0 radical (unpaired) electrons. The zero-order chi connectivity index (χ0) is 14.0. The van der Waals surface area contributed by atoms with Gasteiger partial charge in [0.1, 0.15) is 6.10 Å². The summed E-state index contributed by atoms with van der Waals surface area (Å²) in [6.07, 6.45) is 3.58. The molecule has 2 rings (SSSR count). The standard InChI is InChI=1S/C12H18FNO4S/c1-2-12(15)18-11-5-8-3-9(11)4-10(8)6-14-19(16,17)7-13/h2,8-11,14H,1,3-7H2. The van der Waals surface area contributed by atoms with Crippen molar-refractivity contribution in [1.29, 1.82) is 0 Å². The second-order valence-electron chi connectivity index (χ2n) is 5.24. The third-order valence-corrected chi connectivity index (χ3v) is 4.98. The lowest BCUT2D eigenvalue weighted by Crippen LogP contribution is -2.35. The largest absolute Gasteiger partial charge is 0.459 e. The summed E-state index contributed by atoms with van der Waals surface area (Å²) >= 11 is 0. The van der Waals surface area contributed by atoms with Crippen LogP contribution >= 0.6 is 0 Å². The fourth-order valence-corrected chi connectivity index (χ4v) is 3.75. The molecule has 2 bridgehead atoms. The Morgan fingerprint density at radius 2 is 2.11 bits per heavy atom. The average molecular weight is 291 g/mol. The van der Waals surface area contributed by atoms with Gasteiger partial charge in [-0.2, -0.15) is 0 Å². The third kappa shape index (κ3) is 3.33. The van der Waals surface area contributed by atoms with Crippen LogP contribution in [0, 0.1) is 17.8 Å².